The highest BCUT2D eigenvalue weighted by atomic mass is 32.2. The molecule has 0 radical (unpaired) electrons. The van der Waals surface area contributed by atoms with Crippen molar-refractivity contribution in [2.45, 2.75) is 44.4 Å². The molecule has 0 amide bonds. The Morgan fingerprint density at radius 1 is 0.800 bits per heavy atom. The van der Waals surface area contributed by atoms with Gasteiger partial charge in [-0.2, -0.15) is 0 Å². The second-order valence-electron chi connectivity index (χ2n) is 6.22. The van der Waals surface area contributed by atoms with Crippen LogP contribution in [0.1, 0.15) is 27.8 Å². The lowest BCUT2D eigenvalue weighted by Crippen LogP contribution is -2.18. The number of aryl methyl sites for hydroxylation is 3. The molecule has 0 aromatic heterocycles. The summed E-state index contributed by atoms with van der Waals surface area (Å²) in [5.74, 6) is 0. The molecule has 6 nitrogen and oxygen atoms in total. The lowest BCUT2D eigenvalue weighted by Gasteiger charge is -2.17. The van der Waals surface area contributed by atoms with E-state index in [1.165, 1.54) is 18.2 Å². The van der Waals surface area contributed by atoms with Gasteiger partial charge in [0.25, 0.3) is 10.0 Å². The summed E-state index contributed by atoms with van der Waals surface area (Å²) in [5.41, 5.74) is 3.66. The van der Waals surface area contributed by atoms with Crippen LogP contribution in [0.4, 0.5) is 5.69 Å². The number of rotatable bonds is 4. The maximum Gasteiger partial charge on any atom is 0.262 e. The van der Waals surface area contributed by atoms with Crippen molar-refractivity contribution in [1.29, 1.82) is 0 Å². The molecule has 25 heavy (non-hydrogen) atoms. The molecule has 0 saturated carbocycles. The molecule has 2 rings (SSSR count). The number of sulfonamides is 2. The van der Waals surface area contributed by atoms with Gasteiger partial charge in [0.1, 0.15) is 0 Å². The van der Waals surface area contributed by atoms with E-state index in [9.17, 15) is 16.8 Å². The Morgan fingerprint density at radius 3 is 1.80 bits per heavy atom. The zero-order valence-corrected chi connectivity index (χ0v) is 16.5. The summed E-state index contributed by atoms with van der Waals surface area (Å²) in [5, 5.41) is 5.18. The van der Waals surface area contributed by atoms with E-state index >= 15 is 0 Å². The molecule has 0 atom stereocenters. The topological polar surface area (TPSA) is 106 Å². The summed E-state index contributed by atoms with van der Waals surface area (Å²) >= 11 is 0. The van der Waals surface area contributed by atoms with Crippen molar-refractivity contribution in [3.63, 3.8) is 0 Å². The largest absolute Gasteiger partial charge is 0.280 e. The summed E-state index contributed by atoms with van der Waals surface area (Å²) in [6.45, 7) is 8.80. The number of hydrogen-bond acceptors (Lipinski definition) is 4. The fourth-order valence-electron chi connectivity index (χ4n) is 2.76. The zero-order chi connectivity index (χ0) is 19.2. The van der Waals surface area contributed by atoms with Crippen molar-refractivity contribution in [3.8, 4) is 0 Å². The Morgan fingerprint density at radius 2 is 1.32 bits per heavy atom. The van der Waals surface area contributed by atoms with Gasteiger partial charge >= 0.3 is 0 Å². The van der Waals surface area contributed by atoms with Gasteiger partial charge in [0.2, 0.25) is 10.0 Å². The first kappa shape index (κ1) is 19.4. The molecular formula is C17H22N2O4S2. The molecule has 0 spiro atoms. The molecule has 0 heterocycles. The maximum atomic E-state index is 12.9. The van der Waals surface area contributed by atoms with Crippen LogP contribution in [0.25, 0.3) is 0 Å². The van der Waals surface area contributed by atoms with E-state index in [-0.39, 0.29) is 15.5 Å². The van der Waals surface area contributed by atoms with E-state index in [0.29, 0.717) is 16.7 Å². The molecule has 0 bridgehead atoms. The first-order chi connectivity index (χ1) is 11.3. The lowest BCUT2D eigenvalue weighted by atomic mass is 10.0. The fraction of sp³-hybridized carbons (Fsp3) is 0.294. The summed E-state index contributed by atoms with van der Waals surface area (Å²) in [4.78, 5) is 0.101. The molecule has 0 unspecified atom stereocenters. The van der Waals surface area contributed by atoms with Crippen LogP contribution in [0.15, 0.2) is 34.1 Å². The minimum Gasteiger partial charge on any atom is -0.280 e. The SMILES string of the molecule is Cc1ccc(NS(=O)(=O)c2c(C)c(C)cc(C)c2C)cc1S(N)(=O)=O. The minimum atomic E-state index is -3.94. The molecule has 2 aromatic carbocycles. The van der Waals surface area contributed by atoms with Gasteiger partial charge in [0, 0.05) is 0 Å². The number of hydrogen-bond donors (Lipinski definition) is 2. The van der Waals surface area contributed by atoms with E-state index in [2.05, 4.69) is 4.72 Å². The predicted molar refractivity (Wildman–Crippen MR) is 98.8 cm³/mol. The first-order valence-electron chi connectivity index (χ1n) is 7.58. The van der Waals surface area contributed by atoms with Crippen molar-refractivity contribution in [2.24, 2.45) is 5.14 Å². The highest BCUT2D eigenvalue weighted by Gasteiger charge is 2.23. The number of benzene rings is 2. The highest BCUT2D eigenvalue weighted by molar-refractivity contribution is 7.92. The quantitative estimate of drug-likeness (QED) is 0.848. The van der Waals surface area contributed by atoms with Crippen molar-refractivity contribution < 1.29 is 16.8 Å². The molecule has 0 aliphatic carbocycles. The van der Waals surface area contributed by atoms with Gasteiger partial charge < -0.3 is 0 Å². The van der Waals surface area contributed by atoms with E-state index in [4.69, 9.17) is 5.14 Å². The highest BCUT2D eigenvalue weighted by Crippen LogP contribution is 2.28. The van der Waals surface area contributed by atoms with Crippen LogP contribution in [0, 0.1) is 34.6 Å². The second kappa shape index (κ2) is 6.44. The molecular weight excluding hydrogens is 360 g/mol. The summed E-state index contributed by atoms with van der Waals surface area (Å²) in [6.07, 6.45) is 0. The third-order valence-electron chi connectivity index (χ3n) is 4.31. The number of nitrogens with two attached hydrogens (primary N) is 1. The van der Waals surface area contributed by atoms with Crippen LogP contribution in [0.2, 0.25) is 0 Å². The molecule has 3 N–H and O–H groups in total. The van der Waals surface area contributed by atoms with Crippen LogP contribution in [-0.2, 0) is 20.0 Å². The Hall–Kier alpha value is -1.90. The number of nitrogens with one attached hydrogen (secondary N) is 1. The van der Waals surface area contributed by atoms with Gasteiger partial charge in [-0.15, -0.1) is 0 Å². The molecule has 2 aromatic rings. The van der Waals surface area contributed by atoms with Crippen LogP contribution in [0.3, 0.4) is 0 Å². The Balaban J connectivity index is 2.59. The van der Waals surface area contributed by atoms with E-state index in [1.807, 2.05) is 19.9 Å². The third kappa shape index (κ3) is 3.86. The fourth-order valence-corrected chi connectivity index (χ4v) is 5.24. The molecule has 0 aliphatic heterocycles. The molecule has 0 fully saturated rings. The molecule has 136 valence electrons. The van der Waals surface area contributed by atoms with E-state index in [1.54, 1.807) is 20.8 Å². The molecule has 0 aliphatic rings. The van der Waals surface area contributed by atoms with E-state index in [0.717, 1.165) is 11.1 Å². The van der Waals surface area contributed by atoms with Gasteiger partial charge in [0.15, 0.2) is 0 Å². The van der Waals surface area contributed by atoms with Crippen LogP contribution in [-0.4, -0.2) is 16.8 Å². The summed E-state index contributed by atoms with van der Waals surface area (Å²) < 4.78 is 51.5. The van der Waals surface area contributed by atoms with Crippen LogP contribution >= 0.6 is 0 Å². The van der Waals surface area contributed by atoms with Crippen molar-refractivity contribution in [3.05, 3.63) is 52.1 Å². The Labute approximate surface area is 149 Å². The van der Waals surface area contributed by atoms with Crippen molar-refractivity contribution in [2.75, 3.05) is 4.72 Å². The minimum absolute atomic E-state index is 0.110. The van der Waals surface area contributed by atoms with Crippen LogP contribution < -0.4 is 9.86 Å². The molecule has 8 heteroatoms. The zero-order valence-electron chi connectivity index (χ0n) is 14.8. The smallest absolute Gasteiger partial charge is 0.262 e. The van der Waals surface area contributed by atoms with Crippen LogP contribution in [0.5, 0.6) is 0 Å². The van der Waals surface area contributed by atoms with Gasteiger partial charge in [0.05, 0.1) is 15.5 Å². The summed E-state index contributed by atoms with van der Waals surface area (Å²) in [7, 11) is -7.82. The van der Waals surface area contributed by atoms with Crippen molar-refractivity contribution in [1.82, 2.24) is 0 Å². The van der Waals surface area contributed by atoms with Gasteiger partial charge in [-0.25, -0.2) is 22.0 Å². The van der Waals surface area contributed by atoms with Crippen molar-refractivity contribution >= 4 is 25.7 Å². The van der Waals surface area contributed by atoms with E-state index < -0.39 is 20.0 Å². The second-order valence-corrected chi connectivity index (χ2v) is 9.37. The van der Waals surface area contributed by atoms with Gasteiger partial charge in [-0.1, -0.05) is 12.1 Å². The summed E-state index contributed by atoms with van der Waals surface area (Å²) in [6, 6.07) is 6.19. The third-order valence-corrected chi connectivity index (χ3v) is 7.02. The standard InChI is InChI=1S/C17H22N2O4S2/c1-10-6-7-15(9-16(10)24(18,20)21)19-25(22,23)17-13(4)11(2)8-12(3)14(17)5/h6-9,19H,1-5H3,(H2,18,20,21). The monoisotopic (exact) mass is 382 g/mol. The molecule has 0 saturated heterocycles. The Kier molecular flexibility index (Phi) is 5.00. The normalized spacial score (nSPS) is 12.2. The number of anilines is 1. The number of primary sulfonamides is 1. The van der Waals surface area contributed by atoms with Gasteiger partial charge in [-0.3, -0.25) is 4.72 Å². The Bertz CT molecular complexity index is 1030. The predicted octanol–water partition coefficient (Wildman–Crippen LogP) is 2.68. The average Bonchev–Trinajstić information content (AvgIpc) is 2.46. The van der Waals surface area contributed by atoms with Gasteiger partial charge in [-0.05, 0) is 74.6 Å². The maximum absolute atomic E-state index is 12.9. The lowest BCUT2D eigenvalue weighted by molar-refractivity contribution is 0.595. The average molecular weight is 383 g/mol. The first-order valence-corrected chi connectivity index (χ1v) is 10.6.